The summed E-state index contributed by atoms with van der Waals surface area (Å²) in [5.41, 5.74) is 0.973. The number of Topliss-reactive ketones (excluding diaryl/α,β-unsaturated/α-hetero) is 1. The normalized spacial score (nSPS) is 23.4. The highest BCUT2D eigenvalue weighted by Gasteiger charge is 2.25. The molecule has 0 fully saturated rings. The Morgan fingerprint density at radius 3 is 3.27 bits per heavy atom. The molecule has 11 heavy (non-hydrogen) atoms. The zero-order chi connectivity index (χ0) is 7.84. The summed E-state index contributed by atoms with van der Waals surface area (Å²) in [5.74, 6) is 0.327. The third-order valence-electron chi connectivity index (χ3n) is 1.92. The minimum atomic E-state index is 0.217. The number of hydrogen-bond acceptors (Lipinski definition) is 2. The molecule has 1 heterocycles. The van der Waals surface area contributed by atoms with Crippen LogP contribution in [0.5, 0.6) is 0 Å². The Bertz CT molecular complexity index is 292. The average molecular weight is 278 g/mol. The largest absolute Gasteiger partial charge is 0.293 e. The highest BCUT2D eigenvalue weighted by Crippen LogP contribution is 2.29. The summed E-state index contributed by atoms with van der Waals surface area (Å²) in [7, 11) is 0. The maximum Gasteiger partial charge on any atom is 0.176 e. The van der Waals surface area contributed by atoms with Crippen molar-refractivity contribution in [2.24, 2.45) is 0 Å². The molecule has 58 valence electrons. The van der Waals surface area contributed by atoms with Gasteiger partial charge in [0.25, 0.3) is 0 Å². The predicted octanol–water partition coefficient (Wildman–Crippen LogP) is 2.68. The summed E-state index contributed by atoms with van der Waals surface area (Å²) in [6.07, 6.45) is 2.11. The summed E-state index contributed by atoms with van der Waals surface area (Å²) in [6, 6.07) is 1.95. The van der Waals surface area contributed by atoms with Gasteiger partial charge in [0.15, 0.2) is 5.78 Å². The van der Waals surface area contributed by atoms with E-state index in [0.29, 0.717) is 5.78 Å². The van der Waals surface area contributed by atoms with Gasteiger partial charge in [-0.3, -0.25) is 4.79 Å². The SMILES string of the molecule is O=C1c2ccsc2CCC1I. The molecule has 0 aliphatic heterocycles. The molecule has 1 aromatic rings. The molecule has 1 nitrogen and oxygen atoms in total. The van der Waals surface area contributed by atoms with Crippen LogP contribution in [0, 0.1) is 0 Å². The lowest BCUT2D eigenvalue weighted by Gasteiger charge is -2.14. The van der Waals surface area contributed by atoms with Crippen LogP contribution in [0.1, 0.15) is 21.7 Å². The van der Waals surface area contributed by atoms with Gasteiger partial charge in [0.1, 0.15) is 0 Å². The van der Waals surface area contributed by atoms with Gasteiger partial charge in [0.05, 0.1) is 3.92 Å². The first-order chi connectivity index (χ1) is 5.29. The maximum atomic E-state index is 11.5. The standard InChI is InChI=1S/C8H7IOS/c9-6-1-2-7-5(8(6)10)3-4-11-7/h3-4,6H,1-2H2. The second-order valence-electron chi connectivity index (χ2n) is 2.63. The van der Waals surface area contributed by atoms with Crippen LogP contribution >= 0.6 is 33.9 Å². The number of thiophene rings is 1. The van der Waals surface area contributed by atoms with Gasteiger partial charge < -0.3 is 0 Å². The number of alkyl halides is 1. The Kier molecular flexibility index (Phi) is 2.01. The van der Waals surface area contributed by atoms with Gasteiger partial charge in [-0.15, -0.1) is 11.3 Å². The minimum absolute atomic E-state index is 0.217. The Morgan fingerprint density at radius 2 is 2.45 bits per heavy atom. The molecule has 0 bridgehead atoms. The number of aryl methyl sites for hydroxylation is 1. The fourth-order valence-electron chi connectivity index (χ4n) is 1.31. The molecule has 1 aliphatic carbocycles. The van der Waals surface area contributed by atoms with E-state index in [0.717, 1.165) is 18.4 Å². The smallest absolute Gasteiger partial charge is 0.176 e. The van der Waals surface area contributed by atoms with Gasteiger partial charge in [-0.05, 0) is 24.3 Å². The Morgan fingerprint density at radius 1 is 1.64 bits per heavy atom. The maximum absolute atomic E-state index is 11.5. The molecule has 0 aromatic carbocycles. The molecule has 1 aliphatic rings. The highest BCUT2D eigenvalue weighted by molar-refractivity contribution is 14.1. The fraction of sp³-hybridized carbons (Fsp3) is 0.375. The first-order valence-electron chi connectivity index (χ1n) is 3.53. The van der Waals surface area contributed by atoms with E-state index in [1.165, 1.54) is 4.88 Å². The summed E-state index contributed by atoms with van der Waals surface area (Å²) < 4.78 is 0.217. The Labute approximate surface area is 82.9 Å². The van der Waals surface area contributed by atoms with Crippen LogP contribution in [0.3, 0.4) is 0 Å². The summed E-state index contributed by atoms with van der Waals surface area (Å²) in [6.45, 7) is 0. The lowest BCUT2D eigenvalue weighted by Crippen LogP contribution is -2.20. The molecule has 2 rings (SSSR count). The van der Waals surface area contributed by atoms with E-state index >= 15 is 0 Å². The summed E-state index contributed by atoms with van der Waals surface area (Å²) in [4.78, 5) is 12.8. The monoisotopic (exact) mass is 278 g/mol. The number of fused-ring (bicyclic) bond motifs is 1. The molecule has 0 spiro atoms. The van der Waals surface area contributed by atoms with Gasteiger partial charge in [-0.2, -0.15) is 0 Å². The first-order valence-corrected chi connectivity index (χ1v) is 5.66. The van der Waals surface area contributed by atoms with E-state index in [1.807, 2.05) is 11.4 Å². The van der Waals surface area contributed by atoms with Crippen molar-refractivity contribution in [1.82, 2.24) is 0 Å². The fourth-order valence-corrected chi connectivity index (χ4v) is 2.86. The number of rotatable bonds is 0. The molecule has 0 N–H and O–H groups in total. The quantitative estimate of drug-likeness (QED) is 0.526. The second kappa shape index (κ2) is 2.86. The zero-order valence-electron chi connectivity index (χ0n) is 5.84. The lowest BCUT2D eigenvalue weighted by molar-refractivity contribution is 0.0985. The number of ketones is 1. The lowest BCUT2D eigenvalue weighted by atomic mass is 9.98. The molecule has 1 unspecified atom stereocenters. The summed E-state index contributed by atoms with van der Waals surface area (Å²) >= 11 is 3.94. The number of carbonyl (C=O) groups excluding carboxylic acids is 1. The van der Waals surface area contributed by atoms with Gasteiger partial charge >= 0.3 is 0 Å². The van der Waals surface area contributed by atoms with Crippen LogP contribution in [0.15, 0.2) is 11.4 Å². The van der Waals surface area contributed by atoms with E-state index in [-0.39, 0.29) is 3.92 Å². The topological polar surface area (TPSA) is 17.1 Å². The third kappa shape index (κ3) is 1.24. The van der Waals surface area contributed by atoms with E-state index in [1.54, 1.807) is 11.3 Å². The van der Waals surface area contributed by atoms with Crippen molar-refractivity contribution in [3.63, 3.8) is 0 Å². The van der Waals surface area contributed by atoms with Gasteiger partial charge in [-0.25, -0.2) is 0 Å². The van der Waals surface area contributed by atoms with Gasteiger partial charge in [0, 0.05) is 10.4 Å². The predicted molar refractivity (Wildman–Crippen MR) is 54.8 cm³/mol. The molecule has 1 aromatic heterocycles. The van der Waals surface area contributed by atoms with Crippen molar-refractivity contribution in [3.8, 4) is 0 Å². The zero-order valence-corrected chi connectivity index (χ0v) is 8.81. The second-order valence-corrected chi connectivity index (χ2v) is 5.13. The number of halogens is 1. The van der Waals surface area contributed by atoms with Gasteiger partial charge in [0.2, 0.25) is 0 Å². The highest BCUT2D eigenvalue weighted by atomic mass is 127. The van der Waals surface area contributed by atoms with E-state index < -0.39 is 0 Å². The summed E-state index contributed by atoms with van der Waals surface area (Å²) in [5, 5.41) is 2.01. The molecule has 0 radical (unpaired) electrons. The van der Waals surface area contributed by atoms with Crippen molar-refractivity contribution in [2.45, 2.75) is 16.8 Å². The van der Waals surface area contributed by atoms with Crippen LogP contribution < -0.4 is 0 Å². The van der Waals surface area contributed by atoms with Crippen LogP contribution in [-0.2, 0) is 6.42 Å². The molecule has 1 atom stereocenters. The van der Waals surface area contributed by atoms with Crippen LogP contribution in [0.4, 0.5) is 0 Å². The van der Waals surface area contributed by atoms with Crippen LogP contribution in [-0.4, -0.2) is 9.71 Å². The minimum Gasteiger partial charge on any atom is -0.293 e. The third-order valence-corrected chi connectivity index (χ3v) is 4.09. The first kappa shape index (κ1) is 7.73. The van der Waals surface area contributed by atoms with Crippen molar-refractivity contribution >= 4 is 39.7 Å². The van der Waals surface area contributed by atoms with Crippen molar-refractivity contribution in [1.29, 1.82) is 0 Å². The molecule has 0 saturated heterocycles. The molecule has 0 amide bonds. The Hall–Kier alpha value is 0.1000. The van der Waals surface area contributed by atoms with E-state index in [9.17, 15) is 4.79 Å². The number of hydrogen-bond donors (Lipinski definition) is 0. The molecular formula is C8H7IOS. The van der Waals surface area contributed by atoms with Crippen molar-refractivity contribution < 1.29 is 4.79 Å². The Balaban J connectivity index is 2.46. The molecule has 3 heteroatoms. The average Bonchev–Trinajstić information content (AvgIpc) is 2.45. The van der Waals surface area contributed by atoms with Crippen molar-refractivity contribution in [2.75, 3.05) is 0 Å². The van der Waals surface area contributed by atoms with E-state index in [4.69, 9.17) is 0 Å². The molecule has 0 saturated carbocycles. The van der Waals surface area contributed by atoms with Crippen LogP contribution in [0.25, 0.3) is 0 Å². The number of carbonyl (C=O) groups is 1. The van der Waals surface area contributed by atoms with E-state index in [2.05, 4.69) is 22.6 Å². The van der Waals surface area contributed by atoms with Gasteiger partial charge in [-0.1, -0.05) is 22.6 Å². The van der Waals surface area contributed by atoms with Crippen molar-refractivity contribution in [3.05, 3.63) is 21.9 Å². The van der Waals surface area contributed by atoms with Crippen LogP contribution in [0.2, 0.25) is 0 Å². The molecular weight excluding hydrogens is 271 g/mol.